The van der Waals surface area contributed by atoms with E-state index in [9.17, 15) is 9.18 Å². The summed E-state index contributed by atoms with van der Waals surface area (Å²) in [6, 6.07) is 0. The maximum Gasteiger partial charge on any atom is 0.334 e. The second-order valence-electron chi connectivity index (χ2n) is 2.46. The van der Waals surface area contributed by atoms with E-state index in [0.717, 1.165) is 0 Å². The van der Waals surface area contributed by atoms with Crippen LogP contribution in [-0.4, -0.2) is 16.7 Å². The maximum absolute atomic E-state index is 13.4. The fourth-order valence-corrected chi connectivity index (χ4v) is 0.868. The van der Waals surface area contributed by atoms with E-state index in [2.05, 4.69) is 6.58 Å². The summed E-state index contributed by atoms with van der Waals surface area (Å²) in [6.07, 6.45) is 0.323. The summed E-state index contributed by atoms with van der Waals surface area (Å²) in [5.41, 5.74) is -2.08. The highest BCUT2D eigenvalue weighted by Gasteiger charge is 2.32. The van der Waals surface area contributed by atoms with Crippen molar-refractivity contribution in [3.63, 3.8) is 0 Å². The van der Waals surface area contributed by atoms with Crippen LogP contribution in [0.5, 0.6) is 0 Å². The van der Waals surface area contributed by atoms with Crippen LogP contribution >= 0.6 is 0 Å². The molecule has 0 aromatic heterocycles. The second-order valence-corrected chi connectivity index (χ2v) is 2.46. The molecule has 0 heterocycles. The smallest absolute Gasteiger partial charge is 0.334 e. The number of hydrogen-bond acceptors (Lipinski definition) is 1. The van der Waals surface area contributed by atoms with E-state index in [0.29, 0.717) is 0 Å². The Hall–Kier alpha value is -0.860. The lowest BCUT2D eigenvalue weighted by atomic mass is 9.91. The van der Waals surface area contributed by atoms with Crippen molar-refractivity contribution in [2.45, 2.75) is 32.4 Å². The van der Waals surface area contributed by atoms with Crippen LogP contribution in [0.2, 0.25) is 0 Å². The number of halogens is 1. The van der Waals surface area contributed by atoms with Crippen molar-refractivity contribution in [3.05, 3.63) is 12.2 Å². The molecule has 2 nitrogen and oxygen atoms in total. The van der Waals surface area contributed by atoms with Gasteiger partial charge < -0.3 is 5.11 Å². The zero-order valence-electron chi connectivity index (χ0n) is 6.85. The highest BCUT2D eigenvalue weighted by atomic mass is 19.1. The summed E-state index contributed by atoms with van der Waals surface area (Å²) >= 11 is 0. The van der Waals surface area contributed by atoms with Crippen molar-refractivity contribution >= 4 is 5.97 Å². The molecule has 0 aromatic carbocycles. The molecule has 0 saturated carbocycles. The number of alkyl halides is 1. The minimum Gasteiger partial charge on any atom is -0.478 e. The van der Waals surface area contributed by atoms with Crippen LogP contribution in [0.4, 0.5) is 4.39 Å². The van der Waals surface area contributed by atoms with Gasteiger partial charge in [-0.1, -0.05) is 20.4 Å². The first kappa shape index (κ1) is 10.1. The lowest BCUT2D eigenvalue weighted by Crippen LogP contribution is -2.27. The van der Waals surface area contributed by atoms with Crippen molar-refractivity contribution in [2.75, 3.05) is 0 Å². The standard InChI is InChI=1S/C8H13FO2/c1-4-8(9,5-2)6(3)7(10)11/h3-5H2,1-2H3,(H,10,11). The Morgan fingerprint density at radius 3 is 2.00 bits per heavy atom. The van der Waals surface area contributed by atoms with Crippen molar-refractivity contribution in [1.29, 1.82) is 0 Å². The summed E-state index contributed by atoms with van der Waals surface area (Å²) in [7, 11) is 0. The average Bonchev–Trinajstić information content (AvgIpc) is 2.01. The number of rotatable bonds is 4. The zero-order chi connectivity index (χ0) is 9.07. The van der Waals surface area contributed by atoms with E-state index in [4.69, 9.17) is 5.11 Å². The molecule has 0 aromatic rings. The van der Waals surface area contributed by atoms with Gasteiger partial charge in [0.2, 0.25) is 0 Å². The van der Waals surface area contributed by atoms with Crippen LogP contribution in [0.1, 0.15) is 26.7 Å². The van der Waals surface area contributed by atoms with E-state index in [1.807, 2.05) is 0 Å². The van der Waals surface area contributed by atoms with Gasteiger partial charge in [-0.2, -0.15) is 0 Å². The minimum atomic E-state index is -1.73. The molecule has 0 rings (SSSR count). The molecule has 0 aliphatic rings. The van der Waals surface area contributed by atoms with Gasteiger partial charge >= 0.3 is 5.97 Å². The van der Waals surface area contributed by atoms with Gasteiger partial charge in [-0.25, -0.2) is 9.18 Å². The molecule has 0 radical (unpaired) electrons. The van der Waals surface area contributed by atoms with Crippen molar-refractivity contribution in [3.8, 4) is 0 Å². The molecular formula is C8H13FO2. The van der Waals surface area contributed by atoms with E-state index in [-0.39, 0.29) is 18.4 Å². The third kappa shape index (κ3) is 2.03. The highest BCUT2D eigenvalue weighted by Crippen LogP contribution is 2.28. The first-order chi connectivity index (χ1) is 4.98. The molecule has 1 N–H and O–H groups in total. The fraction of sp³-hybridized carbons (Fsp3) is 0.625. The summed E-state index contributed by atoms with van der Waals surface area (Å²) in [5.74, 6) is -1.25. The predicted octanol–water partition coefficient (Wildman–Crippen LogP) is 2.16. The Kier molecular flexibility index (Phi) is 3.23. The third-order valence-corrected chi connectivity index (χ3v) is 1.92. The Bertz CT molecular complexity index is 171. The monoisotopic (exact) mass is 160 g/mol. The molecule has 3 heteroatoms. The Labute approximate surface area is 65.7 Å². The van der Waals surface area contributed by atoms with E-state index >= 15 is 0 Å². The highest BCUT2D eigenvalue weighted by molar-refractivity contribution is 5.88. The van der Waals surface area contributed by atoms with Gasteiger partial charge in [-0.05, 0) is 12.8 Å². The summed E-state index contributed by atoms with van der Waals surface area (Å²) in [5, 5.41) is 8.44. The largest absolute Gasteiger partial charge is 0.478 e. The molecule has 0 aliphatic carbocycles. The van der Waals surface area contributed by atoms with Crippen LogP contribution in [0.3, 0.4) is 0 Å². The summed E-state index contributed by atoms with van der Waals surface area (Å²) in [6.45, 7) is 6.41. The minimum absolute atomic E-state index is 0.161. The molecule has 0 amide bonds. The van der Waals surface area contributed by atoms with Crippen molar-refractivity contribution in [1.82, 2.24) is 0 Å². The van der Waals surface area contributed by atoms with Crippen LogP contribution in [0.15, 0.2) is 12.2 Å². The van der Waals surface area contributed by atoms with Gasteiger partial charge in [-0.15, -0.1) is 0 Å². The molecule has 0 saturated heterocycles. The van der Waals surface area contributed by atoms with Gasteiger partial charge in [0.1, 0.15) is 5.67 Å². The Morgan fingerprint density at radius 1 is 1.55 bits per heavy atom. The van der Waals surface area contributed by atoms with E-state index in [1.54, 1.807) is 13.8 Å². The van der Waals surface area contributed by atoms with Gasteiger partial charge in [0.15, 0.2) is 0 Å². The quantitative estimate of drug-likeness (QED) is 0.640. The normalized spacial score (nSPS) is 11.2. The van der Waals surface area contributed by atoms with E-state index in [1.165, 1.54) is 0 Å². The van der Waals surface area contributed by atoms with Crippen LogP contribution in [0.25, 0.3) is 0 Å². The molecule has 0 unspecified atom stereocenters. The van der Waals surface area contributed by atoms with Gasteiger partial charge in [0, 0.05) is 0 Å². The van der Waals surface area contributed by atoms with E-state index < -0.39 is 11.6 Å². The lowest BCUT2D eigenvalue weighted by Gasteiger charge is -2.21. The van der Waals surface area contributed by atoms with Crippen LogP contribution < -0.4 is 0 Å². The molecule has 0 bridgehead atoms. The van der Waals surface area contributed by atoms with Gasteiger partial charge in [0.25, 0.3) is 0 Å². The number of hydrogen-bond donors (Lipinski definition) is 1. The maximum atomic E-state index is 13.4. The first-order valence-electron chi connectivity index (χ1n) is 3.59. The van der Waals surface area contributed by atoms with Crippen LogP contribution in [0, 0.1) is 0 Å². The predicted molar refractivity (Wildman–Crippen MR) is 41.2 cm³/mol. The number of carbonyl (C=O) groups is 1. The molecule has 0 spiro atoms. The Morgan fingerprint density at radius 2 is 1.91 bits per heavy atom. The zero-order valence-corrected chi connectivity index (χ0v) is 6.85. The lowest BCUT2D eigenvalue weighted by molar-refractivity contribution is -0.134. The van der Waals surface area contributed by atoms with Crippen molar-refractivity contribution < 1.29 is 14.3 Å². The number of carboxylic acids is 1. The molecule has 11 heavy (non-hydrogen) atoms. The first-order valence-corrected chi connectivity index (χ1v) is 3.59. The average molecular weight is 160 g/mol. The SMILES string of the molecule is C=C(C(=O)O)C(F)(CC)CC. The topological polar surface area (TPSA) is 37.3 Å². The van der Waals surface area contributed by atoms with Crippen LogP contribution in [-0.2, 0) is 4.79 Å². The molecule has 64 valence electrons. The van der Waals surface area contributed by atoms with Gasteiger partial charge in [-0.3, -0.25) is 0 Å². The summed E-state index contributed by atoms with van der Waals surface area (Å²) < 4.78 is 13.4. The molecular weight excluding hydrogens is 147 g/mol. The third-order valence-electron chi connectivity index (χ3n) is 1.92. The van der Waals surface area contributed by atoms with Crippen molar-refractivity contribution in [2.24, 2.45) is 0 Å². The molecule has 0 aliphatic heterocycles. The summed E-state index contributed by atoms with van der Waals surface area (Å²) in [4.78, 5) is 10.3. The fourth-order valence-electron chi connectivity index (χ4n) is 0.868. The molecule has 0 fully saturated rings. The number of carboxylic acid groups (broad SMARTS) is 1. The Balaban J connectivity index is 4.50. The molecule has 0 atom stereocenters. The number of aliphatic carboxylic acids is 1. The van der Waals surface area contributed by atoms with Gasteiger partial charge in [0.05, 0.1) is 5.57 Å². The second kappa shape index (κ2) is 3.51.